The Morgan fingerprint density at radius 1 is 1.25 bits per heavy atom. The summed E-state index contributed by atoms with van der Waals surface area (Å²) in [6.45, 7) is 8.32. The Morgan fingerprint density at radius 3 is 2.17 bits per heavy atom. The van der Waals surface area contributed by atoms with Crippen LogP contribution in [0.25, 0.3) is 0 Å². The number of anilines is 1. The quantitative estimate of drug-likeness (QED) is 0.729. The highest BCUT2D eigenvalue weighted by Gasteiger charge is 2.14. The van der Waals surface area contributed by atoms with Gasteiger partial charge in [-0.1, -0.05) is 19.1 Å². The fourth-order valence-corrected chi connectivity index (χ4v) is 1.25. The van der Waals surface area contributed by atoms with Gasteiger partial charge in [-0.15, -0.1) is 5.10 Å². The third kappa shape index (κ3) is 1.42. The Bertz CT molecular complexity index is 262. The Labute approximate surface area is 72.8 Å². The van der Waals surface area contributed by atoms with Gasteiger partial charge in [-0.3, -0.25) is 0 Å². The van der Waals surface area contributed by atoms with E-state index >= 15 is 0 Å². The van der Waals surface area contributed by atoms with Crippen molar-refractivity contribution in [1.82, 2.24) is 15.0 Å². The molecule has 0 fully saturated rings. The number of nitrogen functional groups attached to an aromatic ring is 1. The minimum Gasteiger partial charge on any atom is -0.381 e. The van der Waals surface area contributed by atoms with Gasteiger partial charge in [0.2, 0.25) is 0 Å². The second-order valence-electron chi connectivity index (χ2n) is 3.55. The highest BCUT2D eigenvalue weighted by atomic mass is 15.5. The largest absolute Gasteiger partial charge is 0.381 e. The van der Waals surface area contributed by atoms with Crippen LogP contribution in [0.15, 0.2) is 0 Å². The van der Waals surface area contributed by atoms with Crippen LogP contribution in [0, 0.1) is 0 Å². The SMILES string of the molecule is CC(C)c1c(N)nnn1C(C)C. The van der Waals surface area contributed by atoms with E-state index in [1.807, 2.05) is 4.68 Å². The molecule has 0 spiro atoms. The summed E-state index contributed by atoms with van der Waals surface area (Å²) in [5, 5.41) is 7.83. The number of nitrogens with two attached hydrogens (primary N) is 1. The molecule has 1 aromatic rings. The molecule has 1 rings (SSSR count). The van der Waals surface area contributed by atoms with Gasteiger partial charge in [0.1, 0.15) is 0 Å². The molecule has 0 atom stereocenters. The summed E-state index contributed by atoms with van der Waals surface area (Å²) in [5.41, 5.74) is 6.72. The third-order valence-corrected chi connectivity index (χ3v) is 1.79. The third-order valence-electron chi connectivity index (χ3n) is 1.79. The van der Waals surface area contributed by atoms with Crippen LogP contribution in [0.5, 0.6) is 0 Å². The summed E-state index contributed by atoms with van der Waals surface area (Å²) in [4.78, 5) is 0. The molecule has 1 aromatic heterocycles. The van der Waals surface area contributed by atoms with Crippen molar-refractivity contribution in [3.8, 4) is 0 Å². The lowest BCUT2D eigenvalue weighted by Gasteiger charge is -2.11. The van der Waals surface area contributed by atoms with Crippen LogP contribution in [0.2, 0.25) is 0 Å². The molecule has 4 heteroatoms. The number of nitrogens with zero attached hydrogens (tertiary/aromatic N) is 3. The van der Waals surface area contributed by atoms with E-state index in [2.05, 4.69) is 38.0 Å². The molecule has 0 saturated heterocycles. The molecule has 4 nitrogen and oxygen atoms in total. The van der Waals surface area contributed by atoms with E-state index < -0.39 is 0 Å². The van der Waals surface area contributed by atoms with Crippen LogP contribution in [0.4, 0.5) is 5.82 Å². The molecule has 0 aliphatic rings. The van der Waals surface area contributed by atoms with E-state index in [1.54, 1.807) is 0 Å². The zero-order valence-electron chi connectivity index (χ0n) is 8.07. The molecule has 0 aliphatic heterocycles. The summed E-state index contributed by atoms with van der Waals surface area (Å²) < 4.78 is 1.88. The van der Waals surface area contributed by atoms with Crippen LogP contribution < -0.4 is 5.73 Å². The topological polar surface area (TPSA) is 56.7 Å². The van der Waals surface area contributed by atoms with Crippen molar-refractivity contribution in [2.45, 2.75) is 39.7 Å². The molecule has 0 saturated carbocycles. The fraction of sp³-hybridized carbons (Fsp3) is 0.750. The first-order valence-corrected chi connectivity index (χ1v) is 4.24. The highest BCUT2D eigenvalue weighted by molar-refractivity contribution is 5.35. The van der Waals surface area contributed by atoms with Gasteiger partial charge in [-0.25, -0.2) is 4.68 Å². The second kappa shape index (κ2) is 3.13. The number of aromatic nitrogens is 3. The lowest BCUT2D eigenvalue weighted by molar-refractivity contribution is 0.484. The monoisotopic (exact) mass is 168 g/mol. The molecule has 0 aromatic carbocycles. The molecule has 1 heterocycles. The van der Waals surface area contributed by atoms with Crippen molar-refractivity contribution in [3.05, 3.63) is 5.69 Å². The number of hydrogen-bond donors (Lipinski definition) is 1. The first-order chi connectivity index (χ1) is 5.54. The molecule has 2 N–H and O–H groups in total. The molecule has 0 radical (unpaired) electrons. The number of rotatable bonds is 2. The summed E-state index contributed by atoms with van der Waals surface area (Å²) in [6, 6.07) is 0.326. The summed E-state index contributed by atoms with van der Waals surface area (Å²) >= 11 is 0. The van der Waals surface area contributed by atoms with Gasteiger partial charge in [0.25, 0.3) is 0 Å². The van der Waals surface area contributed by atoms with Crippen molar-refractivity contribution < 1.29 is 0 Å². The minimum absolute atomic E-state index is 0.326. The van der Waals surface area contributed by atoms with Crippen LogP contribution in [-0.4, -0.2) is 15.0 Å². The lowest BCUT2D eigenvalue weighted by Crippen LogP contribution is -2.09. The van der Waals surface area contributed by atoms with Crippen LogP contribution >= 0.6 is 0 Å². The fourth-order valence-electron chi connectivity index (χ4n) is 1.25. The smallest absolute Gasteiger partial charge is 0.169 e. The molecular formula is C8H16N4. The Hall–Kier alpha value is -1.06. The van der Waals surface area contributed by atoms with E-state index in [9.17, 15) is 0 Å². The summed E-state index contributed by atoms with van der Waals surface area (Å²) in [6.07, 6.45) is 0. The van der Waals surface area contributed by atoms with Gasteiger partial charge in [0.15, 0.2) is 5.82 Å². The molecule has 0 aliphatic carbocycles. The Kier molecular flexibility index (Phi) is 2.35. The van der Waals surface area contributed by atoms with Gasteiger partial charge in [0.05, 0.1) is 5.69 Å². The van der Waals surface area contributed by atoms with Gasteiger partial charge >= 0.3 is 0 Å². The predicted octanol–water partition coefficient (Wildman–Crippen LogP) is 1.56. The molecule has 0 unspecified atom stereocenters. The van der Waals surface area contributed by atoms with Gasteiger partial charge in [-0.2, -0.15) is 0 Å². The van der Waals surface area contributed by atoms with Crippen molar-refractivity contribution >= 4 is 5.82 Å². The summed E-state index contributed by atoms with van der Waals surface area (Å²) in [7, 11) is 0. The van der Waals surface area contributed by atoms with Crippen LogP contribution in [0.1, 0.15) is 45.3 Å². The molecular weight excluding hydrogens is 152 g/mol. The molecule has 12 heavy (non-hydrogen) atoms. The van der Waals surface area contributed by atoms with E-state index in [-0.39, 0.29) is 0 Å². The predicted molar refractivity (Wildman–Crippen MR) is 48.9 cm³/mol. The summed E-state index contributed by atoms with van der Waals surface area (Å²) in [5.74, 6) is 0.932. The second-order valence-corrected chi connectivity index (χ2v) is 3.55. The molecule has 68 valence electrons. The van der Waals surface area contributed by atoms with Crippen molar-refractivity contribution in [3.63, 3.8) is 0 Å². The maximum Gasteiger partial charge on any atom is 0.169 e. The van der Waals surface area contributed by atoms with Crippen LogP contribution in [0.3, 0.4) is 0 Å². The molecule has 0 amide bonds. The van der Waals surface area contributed by atoms with E-state index in [4.69, 9.17) is 5.73 Å². The van der Waals surface area contributed by atoms with Crippen molar-refractivity contribution in [2.75, 3.05) is 5.73 Å². The minimum atomic E-state index is 0.326. The standard InChI is InChI=1S/C8H16N4/c1-5(2)7-8(9)10-11-12(7)6(3)4/h5-6H,9H2,1-4H3. The van der Waals surface area contributed by atoms with Gasteiger partial charge < -0.3 is 5.73 Å². The first kappa shape index (κ1) is 9.03. The van der Waals surface area contributed by atoms with Gasteiger partial charge in [-0.05, 0) is 19.8 Å². The Morgan fingerprint density at radius 2 is 1.83 bits per heavy atom. The van der Waals surface area contributed by atoms with E-state index in [0.717, 1.165) is 5.69 Å². The highest BCUT2D eigenvalue weighted by Crippen LogP contribution is 2.21. The maximum atomic E-state index is 5.69. The maximum absolute atomic E-state index is 5.69. The van der Waals surface area contributed by atoms with E-state index in [1.165, 1.54) is 0 Å². The lowest BCUT2D eigenvalue weighted by atomic mass is 10.1. The zero-order chi connectivity index (χ0) is 9.30. The zero-order valence-corrected chi connectivity index (χ0v) is 8.07. The average Bonchev–Trinajstić information content (AvgIpc) is 2.30. The van der Waals surface area contributed by atoms with Crippen LogP contribution in [-0.2, 0) is 0 Å². The van der Waals surface area contributed by atoms with Gasteiger partial charge in [0, 0.05) is 6.04 Å². The average molecular weight is 168 g/mol. The normalized spacial score (nSPS) is 11.5. The first-order valence-electron chi connectivity index (χ1n) is 4.24. The Balaban J connectivity index is 3.12. The van der Waals surface area contributed by atoms with E-state index in [0.29, 0.717) is 17.8 Å². The molecule has 0 bridgehead atoms. The van der Waals surface area contributed by atoms with Crippen molar-refractivity contribution in [1.29, 1.82) is 0 Å². The van der Waals surface area contributed by atoms with Crippen molar-refractivity contribution in [2.24, 2.45) is 0 Å². The number of hydrogen-bond acceptors (Lipinski definition) is 3.